The van der Waals surface area contributed by atoms with Crippen molar-refractivity contribution in [3.8, 4) is 5.75 Å². The van der Waals surface area contributed by atoms with Gasteiger partial charge < -0.3 is 19.4 Å². The Labute approximate surface area is 173 Å². The van der Waals surface area contributed by atoms with E-state index in [-0.39, 0.29) is 18.3 Å². The number of likely N-dealkylation sites (N-methyl/N-ethyl adjacent to an activating group) is 1. The maximum atomic E-state index is 13.9. The number of methoxy groups -OCH3 is 1. The predicted octanol–water partition coefficient (Wildman–Crippen LogP) is 3.23. The van der Waals surface area contributed by atoms with Gasteiger partial charge in [-0.1, -0.05) is 29.5 Å². The van der Waals surface area contributed by atoms with Crippen molar-refractivity contribution in [2.75, 3.05) is 56.7 Å². The minimum absolute atomic E-state index is 0.0481. The molecule has 0 unspecified atom stereocenters. The molecule has 4 rings (SSSR count). The molecule has 1 aromatic heterocycles. The Hall–Kier alpha value is -2.87. The van der Waals surface area contributed by atoms with E-state index < -0.39 is 0 Å². The molecule has 0 atom stereocenters. The minimum Gasteiger partial charge on any atom is -0.495 e. The van der Waals surface area contributed by atoms with E-state index in [1.807, 2.05) is 42.3 Å². The molecule has 1 aliphatic rings. The van der Waals surface area contributed by atoms with Crippen molar-refractivity contribution in [2.24, 2.45) is 0 Å². The molecule has 0 aliphatic carbocycles. The Morgan fingerprint density at radius 1 is 1.17 bits per heavy atom. The van der Waals surface area contributed by atoms with Crippen molar-refractivity contribution >= 4 is 38.3 Å². The van der Waals surface area contributed by atoms with Crippen LogP contribution in [-0.4, -0.2) is 62.7 Å². The Morgan fingerprint density at radius 3 is 2.66 bits per heavy atom. The largest absolute Gasteiger partial charge is 0.495 e. The number of hydrogen-bond donors (Lipinski definition) is 0. The zero-order valence-corrected chi connectivity index (χ0v) is 17.3. The number of thiazole rings is 1. The van der Waals surface area contributed by atoms with Crippen LogP contribution in [0.3, 0.4) is 0 Å². The Kier molecular flexibility index (Phi) is 5.53. The second kappa shape index (κ2) is 8.24. The molecule has 0 N–H and O–H groups in total. The summed E-state index contributed by atoms with van der Waals surface area (Å²) in [4.78, 5) is 23.0. The van der Waals surface area contributed by atoms with Crippen LogP contribution in [0.25, 0.3) is 10.2 Å². The van der Waals surface area contributed by atoms with E-state index in [1.54, 1.807) is 18.1 Å². The summed E-state index contributed by atoms with van der Waals surface area (Å²) in [5, 5.41) is 0.645. The van der Waals surface area contributed by atoms with Gasteiger partial charge in [0, 0.05) is 33.2 Å². The summed E-state index contributed by atoms with van der Waals surface area (Å²) in [6.07, 6.45) is 0. The molecule has 152 valence electrons. The number of nitrogens with zero attached hydrogens (tertiary/aromatic N) is 4. The summed E-state index contributed by atoms with van der Waals surface area (Å²) in [5.41, 5.74) is 1.41. The first-order valence-corrected chi connectivity index (χ1v) is 10.3. The number of anilines is 2. The zero-order valence-electron chi connectivity index (χ0n) is 16.5. The monoisotopic (exact) mass is 414 g/mol. The van der Waals surface area contributed by atoms with Crippen LogP contribution in [0.1, 0.15) is 0 Å². The fraction of sp³-hybridized carbons (Fsp3) is 0.333. The van der Waals surface area contributed by atoms with E-state index in [0.29, 0.717) is 23.7 Å². The molecule has 0 bridgehead atoms. The third-order valence-electron chi connectivity index (χ3n) is 5.12. The van der Waals surface area contributed by atoms with Gasteiger partial charge in [0.15, 0.2) is 5.13 Å². The van der Waals surface area contributed by atoms with Crippen molar-refractivity contribution in [1.82, 2.24) is 9.88 Å². The van der Waals surface area contributed by atoms with E-state index >= 15 is 0 Å². The van der Waals surface area contributed by atoms with Crippen LogP contribution >= 0.6 is 11.3 Å². The molecule has 0 saturated carbocycles. The molecule has 2 heterocycles. The van der Waals surface area contributed by atoms with Gasteiger partial charge in [0.1, 0.15) is 17.1 Å². The summed E-state index contributed by atoms with van der Waals surface area (Å²) in [6, 6.07) is 12.8. The highest BCUT2D eigenvalue weighted by Gasteiger charge is 2.24. The van der Waals surface area contributed by atoms with Gasteiger partial charge in [-0.15, -0.1) is 0 Å². The summed E-state index contributed by atoms with van der Waals surface area (Å²) in [5.74, 6) is 0.555. The molecule has 29 heavy (non-hydrogen) atoms. The van der Waals surface area contributed by atoms with Crippen molar-refractivity contribution in [3.63, 3.8) is 0 Å². The number of fused-ring (bicyclic) bond motifs is 1. The first kappa shape index (κ1) is 19.4. The van der Waals surface area contributed by atoms with Crippen LogP contribution in [0.5, 0.6) is 5.75 Å². The molecule has 1 saturated heterocycles. The van der Waals surface area contributed by atoms with Crippen LogP contribution in [0.4, 0.5) is 15.2 Å². The van der Waals surface area contributed by atoms with Crippen molar-refractivity contribution in [1.29, 1.82) is 0 Å². The summed E-state index contributed by atoms with van der Waals surface area (Å²) in [6.45, 7) is 3.03. The average molecular weight is 415 g/mol. The molecule has 2 aromatic carbocycles. The number of rotatable bonds is 5. The van der Waals surface area contributed by atoms with Crippen LogP contribution in [0.2, 0.25) is 0 Å². The molecule has 0 spiro atoms. The predicted molar refractivity (Wildman–Crippen MR) is 115 cm³/mol. The quantitative estimate of drug-likeness (QED) is 0.642. The maximum absolute atomic E-state index is 13.9. The molecule has 6 nitrogen and oxygen atoms in total. The molecular weight excluding hydrogens is 391 g/mol. The highest BCUT2D eigenvalue weighted by Crippen LogP contribution is 2.30. The Balaban J connectivity index is 1.37. The van der Waals surface area contributed by atoms with Crippen molar-refractivity contribution < 1.29 is 13.9 Å². The molecule has 1 amide bonds. The van der Waals surface area contributed by atoms with Crippen LogP contribution in [0, 0.1) is 5.82 Å². The number of halogens is 1. The smallest absolute Gasteiger partial charge is 0.242 e. The normalized spacial score (nSPS) is 14.3. The number of para-hydroxylation sites is 3. The van der Waals surface area contributed by atoms with E-state index in [4.69, 9.17) is 4.74 Å². The van der Waals surface area contributed by atoms with E-state index in [9.17, 15) is 9.18 Å². The van der Waals surface area contributed by atoms with Crippen LogP contribution < -0.4 is 14.5 Å². The summed E-state index contributed by atoms with van der Waals surface area (Å²) >= 11 is 1.39. The number of carbonyl (C=O) groups is 1. The Bertz CT molecular complexity index is 1020. The lowest BCUT2D eigenvalue weighted by molar-refractivity contribution is -0.129. The molecule has 1 aliphatic heterocycles. The highest BCUT2D eigenvalue weighted by molar-refractivity contribution is 7.22. The van der Waals surface area contributed by atoms with Gasteiger partial charge in [-0.3, -0.25) is 4.79 Å². The number of piperazine rings is 1. The second-order valence-electron chi connectivity index (χ2n) is 6.98. The summed E-state index contributed by atoms with van der Waals surface area (Å²) in [7, 11) is 3.49. The first-order chi connectivity index (χ1) is 14.1. The molecule has 8 heteroatoms. The van der Waals surface area contributed by atoms with Gasteiger partial charge in [-0.05, 0) is 24.3 Å². The van der Waals surface area contributed by atoms with Gasteiger partial charge in [-0.2, -0.15) is 0 Å². The van der Waals surface area contributed by atoms with E-state index in [1.165, 1.54) is 17.4 Å². The van der Waals surface area contributed by atoms with Gasteiger partial charge in [0.25, 0.3) is 0 Å². The molecule has 0 radical (unpaired) electrons. The van der Waals surface area contributed by atoms with Crippen molar-refractivity contribution in [2.45, 2.75) is 0 Å². The minimum atomic E-state index is -0.336. The lowest BCUT2D eigenvalue weighted by Gasteiger charge is -2.37. The standard InChI is InChI=1S/C21H23FN4O2S/c1-24(21-23-20-15(22)6-5-9-18(20)29-21)14-19(27)26-12-10-25(11-13-26)16-7-3-4-8-17(16)28-2/h3-9H,10-14H2,1-2H3. The van der Waals surface area contributed by atoms with E-state index in [2.05, 4.69) is 9.88 Å². The lowest BCUT2D eigenvalue weighted by Crippen LogP contribution is -2.51. The molecule has 1 fully saturated rings. The number of ether oxygens (including phenoxy) is 1. The summed E-state index contributed by atoms with van der Waals surface area (Å²) < 4.78 is 20.1. The average Bonchev–Trinajstić information content (AvgIpc) is 3.20. The number of benzene rings is 2. The SMILES string of the molecule is COc1ccccc1N1CCN(C(=O)CN(C)c2nc3c(F)cccc3s2)CC1. The second-order valence-corrected chi connectivity index (χ2v) is 7.99. The molecule has 3 aromatic rings. The van der Waals surface area contributed by atoms with Gasteiger partial charge in [0.2, 0.25) is 5.91 Å². The lowest BCUT2D eigenvalue weighted by atomic mass is 10.2. The number of hydrogen-bond acceptors (Lipinski definition) is 6. The molecular formula is C21H23FN4O2S. The van der Waals surface area contributed by atoms with Gasteiger partial charge >= 0.3 is 0 Å². The van der Waals surface area contributed by atoms with E-state index in [0.717, 1.165) is 29.2 Å². The number of carbonyl (C=O) groups excluding carboxylic acids is 1. The van der Waals surface area contributed by atoms with Crippen LogP contribution in [-0.2, 0) is 4.79 Å². The third kappa shape index (κ3) is 3.98. The number of amides is 1. The highest BCUT2D eigenvalue weighted by atomic mass is 32.1. The third-order valence-corrected chi connectivity index (χ3v) is 6.25. The fourth-order valence-corrected chi connectivity index (χ4v) is 4.47. The topological polar surface area (TPSA) is 48.9 Å². The van der Waals surface area contributed by atoms with Gasteiger partial charge in [-0.25, -0.2) is 9.37 Å². The van der Waals surface area contributed by atoms with Crippen molar-refractivity contribution in [3.05, 3.63) is 48.3 Å². The Morgan fingerprint density at radius 2 is 1.93 bits per heavy atom. The number of aromatic nitrogens is 1. The first-order valence-electron chi connectivity index (χ1n) is 9.49. The van der Waals surface area contributed by atoms with Crippen LogP contribution in [0.15, 0.2) is 42.5 Å². The maximum Gasteiger partial charge on any atom is 0.242 e. The van der Waals surface area contributed by atoms with Gasteiger partial charge in [0.05, 0.1) is 24.0 Å². The zero-order chi connectivity index (χ0) is 20.4. The fourth-order valence-electron chi connectivity index (χ4n) is 3.52.